The average molecular weight is 223 g/mol. The zero-order valence-electron chi connectivity index (χ0n) is 7.35. The van der Waals surface area contributed by atoms with Crippen LogP contribution in [0.2, 0.25) is 0 Å². The average Bonchev–Trinajstić information content (AvgIpc) is 2.04. The van der Waals surface area contributed by atoms with E-state index in [9.17, 15) is 0 Å². The first kappa shape index (κ1) is 11.4. The molecule has 0 saturated carbocycles. The number of halogens is 1. The Balaban J connectivity index is 2.89. The molecule has 0 aromatic rings. The molecule has 0 bridgehead atoms. The largest absolute Gasteiger partial charge is 0.396 e. The number of rotatable bonds is 7. The molecule has 0 saturated heterocycles. The summed E-state index contributed by atoms with van der Waals surface area (Å²) in [5.74, 6) is 0.809. The van der Waals surface area contributed by atoms with E-state index in [0.29, 0.717) is 6.61 Å². The maximum atomic E-state index is 8.51. The number of unbranched alkanes of at least 4 members (excludes halogenated alkanes) is 3. The maximum absolute atomic E-state index is 8.51. The molecule has 2 heteroatoms. The van der Waals surface area contributed by atoms with E-state index in [0.717, 1.165) is 17.7 Å². The molecule has 1 atom stereocenters. The molecule has 0 rings (SSSR count). The normalized spacial score (nSPS) is 13.4. The highest BCUT2D eigenvalue weighted by molar-refractivity contribution is 9.09. The van der Waals surface area contributed by atoms with Crippen LogP contribution in [0.3, 0.4) is 0 Å². The standard InChI is InChI=1S/C9H19BrO/c1-9(8-10)6-4-2-3-5-7-11/h9,11H,2-8H2,1H3. The third-order valence-electron chi connectivity index (χ3n) is 1.87. The Morgan fingerprint density at radius 2 is 1.82 bits per heavy atom. The van der Waals surface area contributed by atoms with Gasteiger partial charge in [0.2, 0.25) is 0 Å². The zero-order chi connectivity index (χ0) is 8.53. The van der Waals surface area contributed by atoms with Crippen molar-refractivity contribution in [3.8, 4) is 0 Å². The maximum Gasteiger partial charge on any atom is 0.0431 e. The molecule has 68 valence electrons. The van der Waals surface area contributed by atoms with Gasteiger partial charge in [0, 0.05) is 11.9 Å². The molecule has 0 heterocycles. The summed E-state index contributed by atoms with van der Waals surface area (Å²) in [6.45, 7) is 2.62. The van der Waals surface area contributed by atoms with Gasteiger partial charge in [-0.1, -0.05) is 42.1 Å². The fraction of sp³-hybridized carbons (Fsp3) is 1.00. The second-order valence-electron chi connectivity index (χ2n) is 3.19. The molecule has 0 aromatic heterocycles. The molecule has 0 amide bonds. The predicted molar refractivity (Wildman–Crippen MR) is 53.1 cm³/mol. The molecule has 0 aliphatic carbocycles. The molecular weight excluding hydrogens is 204 g/mol. The summed E-state index contributed by atoms with van der Waals surface area (Å²) in [5.41, 5.74) is 0. The van der Waals surface area contributed by atoms with Crippen molar-refractivity contribution in [2.45, 2.75) is 39.0 Å². The van der Waals surface area contributed by atoms with Gasteiger partial charge >= 0.3 is 0 Å². The lowest BCUT2D eigenvalue weighted by atomic mass is 10.0. The van der Waals surface area contributed by atoms with Crippen LogP contribution in [0.5, 0.6) is 0 Å². The van der Waals surface area contributed by atoms with Crippen LogP contribution in [-0.4, -0.2) is 17.0 Å². The Morgan fingerprint density at radius 3 is 2.36 bits per heavy atom. The van der Waals surface area contributed by atoms with Crippen LogP contribution < -0.4 is 0 Å². The molecule has 1 unspecified atom stereocenters. The topological polar surface area (TPSA) is 20.2 Å². The van der Waals surface area contributed by atoms with Gasteiger partial charge in [0.1, 0.15) is 0 Å². The summed E-state index contributed by atoms with van der Waals surface area (Å²) in [6.07, 6.45) is 6.07. The minimum atomic E-state index is 0.355. The summed E-state index contributed by atoms with van der Waals surface area (Å²) in [5, 5.41) is 9.63. The van der Waals surface area contributed by atoms with Crippen LogP contribution in [0.15, 0.2) is 0 Å². The Kier molecular flexibility index (Phi) is 8.88. The van der Waals surface area contributed by atoms with E-state index in [1.807, 2.05) is 0 Å². The molecule has 0 radical (unpaired) electrons. The molecule has 0 aromatic carbocycles. The second kappa shape index (κ2) is 8.54. The lowest BCUT2D eigenvalue weighted by molar-refractivity contribution is 0.282. The highest BCUT2D eigenvalue weighted by Gasteiger charge is 1.98. The van der Waals surface area contributed by atoms with Crippen LogP contribution in [0, 0.1) is 5.92 Å². The summed E-state index contributed by atoms with van der Waals surface area (Å²) < 4.78 is 0. The number of alkyl halides is 1. The Morgan fingerprint density at radius 1 is 1.18 bits per heavy atom. The number of aliphatic hydroxyl groups excluding tert-OH is 1. The van der Waals surface area contributed by atoms with Crippen molar-refractivity contribution in [2.24, 2.45) is 5.92 Å². The van der Waals surface area contributed by atoms with Crippen molar-refractivity contribution >= 4 is 15.9 Å². The Bertz CT molecular complexity index is 76.0. The lowest BCUT2D eigenvalue weighted by Gasteiger charge is -2.05. The quantitative estimate of drug-likeness (QED) is 0.519. The minimum Gasteiger partial charge on any atom is -0.396 e. The van der Waals surface area contributed by atoms with Gasteiger partial charge < -0.3 is 5.11 Å². The van der Waals surface area contributed by atoms with E-state index in [1.54, 1.807) is 0 Å². The van der Waals surface area contributed by atoms with E-state index >= 15 is 0 Å². The summed E-state index contributed by atoms with van der Waals surface area (Å²) >= 11 is 3.46. The summed E-state index contributed by atoms with van der Waals surface area (Å²) in [4.78, 5) is 0. The van der Waals surface area contributed by atoms with Gasteiger partial charge in [-0.3, -0.25) is 0 Å². The SMILES string of the molecule is CC(CBr)CCCCCCO. The zero-order valence-corrected chi connectivity index (χ0v) is 8.94. The number of hydrogen-bond donors (Lipinski definition) is 1. The number of hydrogen-bond acceptors (Lipinski definition) is 1. The summed E-state index contributed by atoms with van der Waals surface area (Å²) in [6, 6.07) is 0. The van der Waals surface area contributed by atoms with E-state index in [1.165, 1.54) is 25.7 Å². The molecule has 0 spiro atoms. The van der Waals surface area contributed by atoms with Gasteiger partial charge in [0.05, 0.1) is 0 Å². The van der Waals surface area contributed by atoms with Crippen LogP contribution >= 0.6 is 15.9 Å². The van der Waals surface area contributed by atoms with Gasteiger partial charge in [0.15, 0.2) is 0 Å². The first-order valence-electron chi connectivity index (χ1n) is 4.48. The van der Waals surface area contributed by atoms with Crippen molar-refractivity contribution in [3.05, 3.63) is 0 Å². The van der Waals surface area contributed by atoms with Crippen LogP contribution in [0.25, 0.3) is 0 Å². The van der Waals surface area contributed by atoms with Crippen LogP contribution in [-0.2, 0) is 0 Å². The third kappa shape index (κ3) is 8.35. The van der Waals surface area contributed by atoms with Crippen molar-refractivity contribution in [2.75, 3.05) is 11.9 Å². The molecule has 11 heavy (non-hydrogen) atoms. The van der Waals surface area contributed by atoms with Crippen LogP contribution in [0.4, 0.5) is 0 Å². The molecule has 1 nitrogen and oxygen atoms in total. The van der Waals surface area contributed by atoms with Gasteiger partial charge in [-0.2, -0.15) is 0 Å². The Labute approximate surface area is 78.3 Å². The van der Waals surface area contributed by atoms with Gasteiger partial charge in [-0.25, -0.2) is 0 Å². The van der Waals surface area contributed by atoms with Gasteiger partial charge in [-0.15, -0.1) is 0 Å². The molecule has 0 fully saturated rings. The van der Waals surface area contributed by atoms with E-state index in [2.05, 4.69) is 22.9 Å². The monoisotopic (exact) mass is 222 g/mol. The smallest absolute Gasteiger partial charge is 0.0431 e. The van der Waals surface area contributed by atoms with Crippen molar-refractivity contribution in [3.63, 3.8) is 0 Å². The van der Waals surface area contributed by atoms with Crippen molar-refractivity contribution in [1.82, 2.24) is 0 Å². The van der Waals surface area contributed by atoms with Crippen molar-refractivity contribution < 1.29 is 5.11 Å². The fourth-order valence-electron chi connectivity index (χ4n) is 1.04. The van der Waals surface area contributed by atoms with E-state index < -0.39 is 0 Å². The highest BCUT2D eigenvalue weighted by Crippen LogP contribution is 2.11. The van der Waals surface area contributed by atoms with Crippen LogP contribution in [0.1, 0.15) is 39.0 Å². The van der Waals surface area contributed by atoms with E-state index in [4.69, 9.17) is 5.11 Å². The van der Waals surface area contributed by atoms with Gasteiger partial charge in [-0.05, 0) is 18.8 Å². The van der Waals surface area contributed by atoms with Gasteiger partial charge in [0.25, 0.3) is 0 Å². The molecule has 0 aliphatic rings. The fourth-order valence-corrected chi connectivity index (χ4v) is 1.36. The predicted octanol–water partition coefficient (Wildman–Crippen LogP) is 2.96. The molecule has 0 aliphatic heterocycles. The molecular formula is C9H19BrO. The highest BCUT2D eigenvalue weighted by atomic mass is 79.9. The first-order chi connectivity index (χ1) is 5.31. The third-order valence-corrected chi connectivity index (χ3v) is 2.97. The summed E-state index contributed by atoms with van der Waals surface area (Å²) in [7, 11) is 0. The Hall–Kier alpha value is 0.440. The minimum absolute atomic E-state index is 0.355. The van der Waals surface area contributed by atoms with Crippen molar-refractivity contribution in [1.29, 1.82) is 0 Å². The van der Waals surface area contributed by atoms with E-state index in [-0.39, 0.29) is 0 Å². The number of aliphatic hydroxyl groups is 1. The lowest BCUT2D eigenvalue weighted by Crippen LogP contribution is -1.95. The second-order valence-corrected chi connectivity index (χ2v) is 3.83. The molecule has 1 N–H and O–H groups in total. The first-order valence-corrected chi connectivity index (χ1v) is 5.60.